The van der Waals surface area contributed by atoms with Crippen molar-refractivity contribution in [1.82, 2.24) is 0 Å². The lowest BCUT2D eigenvalue weighted by Gasteiger charge is -2.21. The Morgan fingerprint density at radius 2 is 0.433 bits per heavy atom. The fourth-order valence-corrected chi connectivity index (χ4v) is 13.5. The van der Waals surface area contributed by atoms with Crippen molar-refractivity contribution in [3.8, 4) is 0 Å². The topological polar surface area (TPSA) is 237 Å². The average molecular weight is 1420 g/mol. The Hall–Kier alpha value is -1.94. The molecule has 0 aromatic rings. The number of phosphoric ester groups is 2. The van der Waals surface area contributed by atoms with Crippen LogP contribution in [-0.4, -0.2) is 96.7 Å². The summed E-state index contributed by atoms with van der Waals surface area (Å²) in [5.74, 6) is 0.912. The van der Waals surface area contributed by atoms with Crippen LogP contribution in [0.25, 0.3) is 0 Å². The van der Waals surface area contributed by atoms with Gasteiger partial charge in [0.05, 0.1) is 26.4 Å². The van der Waals surface area contributed by atoms with Gasteiger partial charge in [-0.2, -0.15) is 0 Å². The van der Waals surface area contributed by atoms with Gasteiger partial charge in [-0.15, -0.1) is 0 Å². The maximum absolute atomic E-state index is 13.1. The van der Waals surface area contributed by atoms with Crippen LogP contribution >= 0.6 is 15.6 Å². The van der Waals surface area contributed by atoms with E-state index in [1.54, 1.807) is 0 Å². The molecule has 0 saturated heterocycles. The molecule has 3 N–H and O–H groups in total. The first-order valence-corrected chi connectivity index (χ1v) is 43.2. The van der Waals surface area contributed by atoms with Crippen molar-refractivity contribution in [2.24, 2.45) is 23.7 Å². The molecule has 3 unspecified atom stereocenters. The van der Waals surface area contributed by atoms with E-state index in [1.807, 2.05) is 0 Å². The summed E-state index contributed by atoms with van der Waals surface area (Å²) in [6.45, 7) is 14.2. The molecule has 0 fully saturated rings. The molecular formula is C78H152O17P2. The van der Waals surface area contributed by atoms with Gasteiger partial charge >= 0.3 is 39.5 Å². The third kappa shape index (κ3) is 72.2. The van der Waals surface area contributed by atoms with Crippen LogP contribution in [0.1, 0.15) is 396 Å². The van der Waals surface area contributed by atoms with E-state index in [4.69, 9.17) is 37.0 Å². The number of phosphoric acid groups is 2. The van der Waals surface area contributed by atoms with Crippen LogP contribution in [0, 0.1) is 23.7 Å². The van der Waals surface area contributed by atoms with Crippen molar-refractivity contribution < 1.29 is 80.2 Å². The summed E-state index contributed by atoms with van der Waals surface area (Å²) in [7, 11) is -9.91. The van der Waals surface area contributed by atoms with Crippen LogP contribution in [-0.2, 0) is 65.4 Å². The molecule has 0 saturated carbocycles. The molecule has 576 valence electrons. The van der Waals surface area contributed by atoms with E-state index in [0.29, 0.717) is 25.7 Å². The SMILES string of the molecule is CC(C)CCCCCCCCCCCCCCCCCCCCC(=O)OC[C@H](COP(=O)(O)OCC(O)COP(=O)(O)OC[C@@H](COC(=O)CCCCCCCCCCC(C)C)OC(=O)CCCCCCCCCCC(C)C)OC(=O)CCCCCCCCCCCCCC(C)C. The molecule has 0 aliphatic carbocycles. The van der Waals surface area contributed by atoms with E-state index in [9.17, 15) is 43.2 Å². The molecule has 19 heteroatoms. The minimum atomic E-state index is -4.96. The van der Waals surface area contributed by atoms with Crippen molar-refractivity contribution in [3.05, 3.63) is 0 Å². The van der Waals surface area contributed by atoms with Gasteiger partial charge in [0.1, 0.15) is 19.3 Å². The van der Waals surface area contributed by atoms with Gasteiger partial charge in [-0.05, 0) is 49.4 Å². The summed E-state index contributed by atoms with van der Waals surface area (Å²) >= 11 is 0. The third-order valence-corrected chi connectivity index (χ3v) is 20.0. The number of hydrogen-bond acceptors (Lipinski definition) is 15. The Labute approximate surface area is 594 Å². The molecular weight excluding hydrogens is 1270 g/mol. The molecule has 0 aliphatic heterocycles. The summed E-state index contributed by atoms with van der Waals surface area (Å²) in [4.78, 5) is 72.8. The summed E-state index contributed by atoms with van der Waals surface area (Å²) in [6.07, 6.45) is 52.9. The van der Waals surface area contributed by atoms with Crippen molar-refractivity contribution >= 4 is 39.5 Å². The summed E-state index contributed by atoms with van der Waals surface area (Å²) < 4.78 is 68.5. The maximum atomic E-state index is 13.1. The van der Waals surface area contributed by atoms with E-state index in [2.05, 4.69) is 55.4 Å². The molecule has 0 rings (SSSR count). The zero-order chi connectivity index (χ0) is 71.7. The number of rotatable bonds is 75. The van der Waals surface area contributed by atoms with Gasteiger partial charge in [-0.3, -0.25) is 37.3 Å². The lowest BCUT2D eigenvalue weighted by atomic mass is 10.0. The first-order chi connectivity index (χ1) is 46.6. The molecule has 0 heterocycles. The lowest BCUT2D eigenvalue weighted by molar-refractivity contribution is -0.161. The van der Waals surface area contributed by atoms with Gasteiger partial charge in [-0.25, -0.2) is 9.13 Å². The summed E-state index contributed by atoms with van der Waals surface area (Å²) in [5.41, 5.74) is 0. The van der Waals surface area contributed by atoms with Crippen LogP contribution in [0.3, 0.4) is 0 Å². The predicted molar refractivity (Wildman–Crippen MR) is 395 cm³/mol. The standard InChI is InChI=1S/C78H152O17P2/c1-68(2)54-46-38-30-22-18-15-13-11-9-10-12-14-16-20-24-34-42-50-58-75(80)88-64-73(94-77(82)60-52-44-36-25-21-17-19-23-31-39-47-55-69(3)4)66-92-96(84,85)90-62-72(79)63-91-97(86,87)93-67-74(95-78(83)61-53-45-37-29-27-33-41-49-57-71(7)8)65-89-76(81)59-51-43-35-28-26-32-40-48-56-70(5)6/h68-74,79H,9-67H2,1-8H3,(H,84,85)(H,86,87)/t72?,73-,74-/m1/s1. The largest absolute Gasteiger partial charge is 0.472 e. The first kappa shape index (κ1) is 95.1. The van der Waals surface area contributed by atoms with E-state index >= 15 is 0 Å². The highest BCUT2D eigenvalue weighted by atomic mass is 31.2. The monoisotopic (exact) mass is 1420 g/mol. The molecule has 17 nitrogen and oxygen atoms in total. The Kier molecular flexibility index (Phi) is 65.9. The number of esters is 4. The molecule has 0 aromatic heterocycles. The number of carbonyl (C=O) groups is 4. The predicted octanol–water partition coefficient (Wildman–Crippen LogP) is 22.8. The number of aliphatic hydroxyl groups excluding tert-OH is 1. The Morgan fingerprint density at radius 1 is 0.258 bits per heavy atom. The number of unbranched alkanes of at least 4 members (excludes halogenated alkanes) is 41. The number of hydrogen-bond donors (Lipinski definition) is 3. The highest BCUT2D eigenvalue weighted by Crippen LogP contribution is 2.45. The zero-order valence-corrected chi connectivity index (χ0v) is 65.5. The normalized spacial score (nSPS) is 14.1. The average Bonchev–Trinajstić information content (AvgIpc) is 1.78. The van der Waals surface area contributed by atoms with Crippen molar-refractivity contribution in [2.45, 2.75) is 414 Å². The van der Waals surface area contributed by atoms with Crippen molar-refractivity contribution in [1.29, 1.82) is 0 Å². The Morgan fingerprint density at radius 3 is 0.639 bits per heavy atom. The van der Waals surface area contributed by atoms with Gasteiger partial charge in [0, 0.05) is 25.7 Å². The second kappa shape index (κ2) is 67.2. The number of carbonyl (C=O) groups excluding carboxylic acids is 4. The van der Waals surface area contributed by atoms with Gasteiger partial charge in [0.15, 0.2) is 12.2 Å². The van der Waals surface area contributed by atoms with Crippen LogP contribution in [0.5, 0.6) is 0 Å². The minimum absolute atomic E-state index is 0.104. The fraction of sp³-hybridized carbons (Fsp3) is 0.949. The maximum Gasteiger partial charge on any atom is 0.472 e. The second-order valence-corrected chi connectivity index (χ2v) is 32.9. The van der Waals surface area contributed by atoms with Crippen LogP contribution in [0.2, 0.25) is 0 Å². The third-order valence-electron chi connectivity index (χ3n) is 18.1. The fourth-order valence-electron chi connectivity index (χ4n) is 11.9. The highest BCUT2D eigenvalue weighted by molar-refractivity contribution is 7.47. The Balaban J connectivity index is 5.19. The summed E-state index contributed by atoms with van der Waals surface area (Å²) in [5, 5.41) is 10.6. The molecule has 0 amide bonds. The number of aliphatic hydroxyl groups is 1. The summed E-state index contributed by atoms with van der Waals surface area (Å²) in [6, 6.07) is 0. The lowest BCUT2D eigenvalue weighted by Crippen LogP contribution is -2.30. The van der Waals surface area contributed by atoms with Gasteiger partial charge in [0.2, 0.25) is 0 Å². The molecule has 0 aliphatic rings. The molecule has 0 radical (unpaired) electrons. The number of ether oxygens (including phenoxy) is 4. The van der Waals surface area contributed by atoms with Gasteiger partial charge < -0.3 is 33.8 Å². The molecule has 0 aromatic carbocycles. The van der Waals surface area contributed by atoms with E-state index in [0.717, 1.165) is 114 Å². The molecule has 0 spiro atoms. The zero-order valence-electron chi connectivity index (χ0n) is 63.7. The first-order valence-electron chi connectivity index (χ1n) is 40.2. The van der Waals surface area contributed by atoms with Crippen molar-refractivity contribution in [2.75, 3.05) is 39.6 Å². The van der Waals surface area contributed by atoms with Crippen LogP contribution < -0.4 is 0 Å². The highest BCUT2D eigenvalue weighted by Gasteiger charge is 2.30. The van der Waals surface area contributed by atoms with E-state index < -0.39 is 97.5 Å². The molecule has 5 atom stereocenters. The minimum Gasteiger partial charge on any atom is -0.462 e. The van der Waals surface area contributed by atoms with Crippen LogP contribution in [0.15, 0.2) is 0 Å². The molecule has 97 heavy (non-hydrogen) atoms. The smallest absolute Gasteiger partial charge is 0.462 e. The van der Waals surface area contributed by atoms with E-state index in [-0.39, 0.29) is 25.7 Å². The second-order valence-electron chi connectivity index (χ2n) is 30.0. The van der Waals surface area contributed by atoms with Crippen molar-refractivity contribution in [3.63, 3.8) is 0 Å². The van der Waals surface area contributed by atoms with Gasteiger partial charge in [0.25, 0.3) is 0 Å². The molecule has 0 bridgehead atoms. The van der Waals surface area contributed by atoms with Gasteiger partial charge in [-0.1, -0.05) is 344 Å². The van der Waals surface area contributed by atoms with E-state index in [1.165, 1.54) is 199 Å². The van der Waals surface area contributed by atoms with Crippen LogP contribution in [0.4, 0.5) is 0 Å². The Bertz CT molecular complexity index is 1900. The quantitative estimate of drug-likeness (QED) is 0.0222.